The van der Waals surface area contributed by atoms with E-state index < -0.39 is 0 Å². The van der Waals surface area contributed by atoms with Crippen LogP contribution in [0.15, 0.2) is 71.5 Å². The molecule has 0 spiro atoms. The molecule has 0 saturated carbocycles. The van der Waals surface area contributed by atoms with E-state index in [1.54, 1.807) is 27.7 Å². The summed E-state index contributed by atoms with van der Waals surface area (Å²) in [6.07, 6.45) is 3.18. The summed E-state index contributed by atoms with van der Waals surface area (Å²) in [6, 6.07) is 17.1. The van der Waals surface area contributed by atoms with Gasteiger partial charge in [0.15, 0.2) is 17.2 Å². The zero-order chi connectivity index (χ0) is 24.1. The molecule has 0 unspecified atom stereocenters. The summed E-state index contributed by atoms with van der Waals surface area (Å²) in [6.45, 7) is 5.99. The van der Waals surface area contributed by atoms with Gasteiger partial charge in [-0.15, -0.1) is 0 Å². The summed E-state index contributed by atoms with van der Waals surface area (Å²) < 4.78 is 9.08. The van der Waals surface area contributed by atoms with Crippen molar-refractivity contribution in [3.05, 3.63) is 89.7 Å². The Labute approximate surface area is 200 Å². The number of aryl methyl sites for hydroxylation is 3. The van der Waals surface area contributed by atoms with E-state index in [0.29, 0.717) is 28.3 Å². The van der Waals surface area contributed by atoms with Crippen LogP contribution in [0.4, 0.5) is 5.82 Å². The van der Waals surface area contributed by atoms with E-state index in [1.165, 1.54) is 17.5 Å². The van der Waals surface area contributed by atoms with Crippen molar-refractivity contribution in [2.75, 3.05) is 5.32 Å². The van der Waals surface area contributed by atoms with Crippen LogP contribution in [0, 0.1) is 20.8 Å². The van der Waals surface area contributed by atoms with Crippen molar-refractivity contribution < 1.29 is 9.21 Å². The molecule has 1 N–H and O–H groups in total. The van der Waals surface area contributed by atoms with Crippen molar-refractivity contribution in [2.45, 2.75) is 20.8 Å². The summed E-state index contributed by atoms with van der Waals surface area (Å²) in [5.74, 6) is 0.815. The quantitative estimate of drug-likeness (QED) is 0.398. The highest BCUT2D eigenvalue weighted by Crippen LogP contribution is 2.26. The minimum absolute atomic E-state index is 0.215. The number of carbonyl (C=O) groups excluding carboxylic acids is 1. The summed E-state index contributed by atoms with van der Waals surface area (Å²) in [4.78, 5) is 21.9. The lowest BCUT2D eigenvalue weighted by atomic mass is 10.1. The summed E-state index contributed by atoms with van der Waals surface area (Å²) in [5, 5.41) is 13.6. The zero-order valence-corrected chi connectivity index (χ0v) is 19.4. The predicted molar refractivity (Wildman–Crippen MR) is 132 cm³/mol. The van der Waals surface area contributed by atoms with Gasteiger partial charge in [-0.25, -0.2) is 14.6 Å². The summed E-state index contributed by atoms with van der Waals surface area (Å²) >= 11 is 0. The maximum Gasteiger partial charge on any atom is 0.292 e. The fourth-order valence-corrected chi connectivity index (χ4v) is 4.07. The second-order valence-electron chi connectivity index (χ2n) is 8.44. The molecule has 4 heterocycles. The Bertz CT molecular complexity index is 1710. The van der Waals surface area contributed by atoms with Gasteiger partial charge in [0.05, 0.1) is 23.0 Å². The molecule has 6 rings (SSSR count). The third kappa shape index (κ3) is 3.54. The number of benzene rings is 2. The van der Waals surface area contributed by atoms with E-state index in [1.807, 2.05) is 37.3 Å². The number of para-hydroxylation sites is 1. The molecule has 9 nitrogen and oxygen atoms in total. The molecule has 0 saturated heterocycles. The number of nitrogens with zero attached hydrogens (tertiary/aromatic N) is 6. The number of aromatic nitrogens is 6. The molecule has 0 fully saturated rings. The maximum atomic E-state index is 13.0. The maximum absolute atomic E-state index is 13.0. The number of carbonyl (C=O) groups is 1. The van der Waals surface area contributed by atoms with Crippen LogP contribution >= 0.6 is 0 Å². The average molecular weight is 464 g/mol. The number of amides is 1. The molecule has 35 heavy (non-hydrogen) atoms. The van der Waals surface area contributed by atoms with Crippen molar-refractivity contribution in [2.24, 2.45) is 0 Å². The van der Waals surface area contributed by atoms with Crippen LogP contribution in [0.5, 0.6) is 0 Å². The number of nitrogens with one attached hydrogen (secondary N) is 1. The highest BCUT2D eigenvalue weighted by atomic mass is 16.3. The number of hydrogen-bond acceptors (Lipinski definition) is 6. The Hall–Kier alpha value is -4.79. The first-order valence-electron chi connectivity index (χ1n) is 11.1. The number of hydrogen-bond donors (Lipinski definition) is 1. The molecule has 4 aromatic heterocycles. The van der Waals surface area contributed by atoms with Gasteiger partial charge in [-0.05, 0) is 56.2 Å². The summed E-state index contributed by atoms with van der Waals surface area (Å²) in [5.41, 5.74) is 5.29. The SMILES string of the molecule is Cc1cc(NC(=O)c2cc3ccccc3o2)n(-c2ncnc3c2cnn3-c2ccc(C)c(C)c2)n1. The van der Waals surface area contributed by atoms with Gasteiger partial charge in [-0.3, -0.25) is 4.79 Å². The van der Waals surface area contributed by atoms with E-state index in [0.717, 1.165) is 16.8 Å². The fraction of sp³-hybridized carbons (Fsp3) is 0.115. The van der Waals surface area contributed by atoms with Gasteiger partial charge < -0.3 is 9.73 Å². The predicted octanol–water partition coefficient (Wildman–Crippen LogP) is 4.92. The van der Waals surface area contributed by atoms with Crippen molar-refractivity contribution >= 4 is 33.7 Å². The van der Waals surface area contributed by atoms with Gasteiger partial charge >= 0.3 is 0 Å². The minimum atomic E-state index is -0.376. The molecule has 2 aromatic carbocycles. The van der Waals surface area contributed by atoms with Crippen LogP contribution in [0.2, 0.25) is 0 Å². The molecule has 0 aliphatic rings. The molecular formula is C26H21N7O2. The molecule has 6 aromatic rings. The first-order valence-corrected chi connectivity index (χ1v) is 11.1. The van der Waals surface area contributed by atoms with Gasteiger partial charge in [-0.1, -0.05) is 24.3 Å². The average Bonchev–Trinajstić information content (AvgIpc) is 3.57. The van der Waals surface area contributed by atoms with E-state index in [2.05, 4.69) is 51.5 Å². The van der Waals surface area contributed by atoms with Gasteiger partial charge in [0.2, 0.25) is 0 Å². The Kier molecular flexibility index (Phi) is 4.70. The second-order valence-corrected chi connectivity index (χ2v) is 8.44. The Balaban J connectivity index is 1.40. The van der Waals surface area contributed by atoms with Crippen LogP contribution in [-0.2, 0) is 0 Å². The van der Waals surface area contributed by atoms with E-state index in [9.17, 15) is 4.79 Å². The van der Waals surface area contributed by atoms with Crippen LogP contribution in [0.3, 0.4) is 0 Å². The van der Waals surface area contributed by atoms with E-state index >= 15 is 0 Å². The van der Waals surface area contributed by atoms with Gasteiger partial charge in [0, 0.05) is 11.5 Å². The molecule has 0 radical (unpaired) electrons. The van der Waals surface area contributed by atoms with Gasteiger partial charge in [0.1, 0.15) is 17.7 Å². The lowest BCUT2D eigenvalue weighted by molar-refractivity contribution is 0.0998. The number of anilines is 1. The number of fused-ring (bicyclic) bond motifs is 2. The van der Waals surface area contributed by atoms with Gasteiger partial charge in [0.25, 0.3) is 5.91 Å². The number of furan rings is 1. The third-order valence-corrected chi connectivity index (χ3v) is 6.00. The first kappa shape index (κ1) is 20.8. The van der Waals surface area contributed by atoms with Crippen molar-refractivity contribution in [3.8, 4) is 11.5 Å². The normalized spacial score (nSPS) is 11.4. The molecule has 0 aliphatic heterocycles. The Morgan fingerprint density at radius 3 is 2.63 bits per heavy atom. The first-order chi connectivity index (χ1) is 17.0. The van der Waals surface area contributed by atoms with Crippen LogP contribution in [0.1, 0.15) is 27.4 Å². The van der Waals surface area contributed by atoms with Crippen molar-refractivity contribution in [1.82, 2.24) is 29.5 Å². The van der Waals surface area contributed by atoms with Crippen LogP contribution in [-0.4, -0.2) is 35.4 Å². The standard InChI is InChI=1S/C26H21N7O2/c1-15-8-9-19(10-16(15)2)32-24-20(13-29-32)25(28-14-27-24)33-23(11-17(3)31-33)30-26(34)22-12-18-6-4-5-7-21(18)35-22/h4-14H,1-3H3,(H,30,34). The van der Waals surface area contributed by atoms with Crippen molar-refractivity contribution in [1.29, 1.82) is 0 Å². The molecular weight excluding hydrogens is 442 g/mol. The summed E-state index contributed by atoms with van der Waals surface area (Å²) in [7, 11) is 0. The van der Waals surface area contributed by atoms with E-state index in [-0.39, 0.29) is 11.7 Å². The van der Waals surface area contributed by atoms with E-state index in [4.69, 9.17) is 4.42 Å². The third-order valence-electron chi connectivity index (χ3n) is 6.00. The van der Waals surface area contributed by atoms with Crippen LogP contribution < -0.4 is 5.32 Å². The molecule has 0 bridgehead atoms. The molecule has 1 amide bonds. The highest BCUT2D eigenvalue weighted by molar-refractivity contribution is 6.04. The molecule has 0 aliphatic carbocycles. The van der Waals surface area contributed by atoms with Crippen molar-refractivity contribution in [3.63, 3.8) is 0 Å². The molecule has 9 heteroatoms. The minimum Gasteiger partial charge on any atom is -0.451 e. The smallest absolute Gasteiger partial charge is 0.292 e. The number of rotatable bonds is 4. The zero-order valence-electron chi connectivity index (χ0n) is 19.4. The van der Waals surface area contributed by atoms with Gasteiger partial charge in [-0.2, -0.15) is 14.9 Å². The largest absolute Gasteiger partial charge is 0.451 e. The lowest BCUT2D eigenvalue weighted by Gasteiger charge is -2.09. The Morgan fingerprint density at radius 2 is 1.80 bits per heavy atom. The van der Waals surface area contributed by atoms with Crippen LogP contribution in [0.25, 0.3) is 33.5 Å². The Morgan fingerprint density at radius 1 is 0.943 bits per heavy atom. The molecule has 172 valence electrons. The second kappa shape index (κ2) is 7.91. The highest BCUT2D eigenvalue weighted by Gasteiger charge is 2.20. The fourth-order valence-electron chi connectivity index (χ4n) is 4.07. The lowest BCUT2D eigenvalue weighted by Crippen LogP contribution is -2.15. The topological polar surface area (TPSA) is 104 Å². The molecule has 0 atom stereocenters. The monoisotopic (exact) mass is 463 g/mol.